The summed E-state index contributed by atoms with van der Waals surface area (Å²) in [7, 11) is 0. The third-order valence-electron chi connectivity index (χ3n) is 8.25. The van der Waals surface area contributed by atoms with Crippen LogP contribution in [-0.4, -0.2) is 51.7 Å². The molecule has 2 aromatic heterocycles. The molecule has 3 heterocycles. The van der Waals surface area contributed by atoms with Gasteiger partial charge in [0.2, 0.25) is 0 Å². The van der Waals surface area contributed by atoms with E-state index in [-0.39, 0.29) is 43.4 Å². The third kappa shape index (κ3) is 3.57. The van der Waals surface area contributed by atoms with Crippen LogP contribution in [0.15, 0.2) is 24.4 Å². The average Bonchev–Trinajstić information content (AvgIpc) is 3.21. The molecule has 2 amide bonds. The highest BCUT2D eigenvalue weighted by Gasteiger charge is 2.53. The number of nitrogens with one attached hydrogen (secondary N) is 1. The molecule has 32 heavy (non-hydrogen) atoms. The Morgan fingerprint density at radius 1 is 1.19 bits per heavy atom. The zero-order valence-corrected chi connectivity index (χ0v) is 18.6. The molecule has 1 saturated heterocycles. The van der Waals surface area contributed by atoms with Crippen LogP contribution in [0.3, 0.4) is 0 Å². The summed E-state index contributed by atoms with van der Waals surface area (Å²) in [6.45, 7) is 5.35. The van der Waals surface area contributed by atoms with Crippen molar-refractivity contribution in [1.82, 2.24) is 19.6 Å². The van der Waals surface area contributed by atoms with Crippen molar-refractivity contribution in [2.24, 2.45) is 23.2 Å². The summed E-state index contributed by atoms with van der Waals surface area (Å²) in [6.07, 6.45) is 4.52. The standard InChI is InChI=1S/C24H30F2N4O2/c1-23(2)16-7-6-15(17(23)12-16)13-27-21(31)19-4-3-5-20-28-18(14-30(19)20)22(32)29-10-8-24(25,26)9-11-29/h3-5,14-17H,6-13H2,1-2H3,(H,27,31)/t15-,16+,17+/m1/s1. The fourth-order valence-corrected chi connectivity index (χ4v) is 6.02. The number of aromatic nitrogens is 2. The molecule has 3 atom stereocenters. The van der Waals surface area contributed by atoms with Gasteiger partial charge in [0, 0.05) is 38.7 Å². The van der Waals surface area contributed by atoms with Crippen LogP contribution in [0, 0.1) is 23.2 Å². The summed E-state index contributed by atoms with van der Waals surface area (Å²) >= 11 is 0. The van der Waals surface area contributed by atoms with Crippen molar-refractivity contribution in [3.63, 3.8) is 0 Å². The van der Waals surface area contributed by atoms with Crippen molar-refractivity contribution >= 4 is 17.5 Å². The molecule has 0 spiro atoms. The predicted octanol–water partition coefficient (Wildman–Crippen LogP) is 4.01. The predicted molar refractivity (Wildman–Crippen MR) is 116 cm³/mol. The molecule has 2 aromatic rings. The molecule has 6 nitrogen and oxygen atoms in total. The van der Waals surface area contributed by atoms with Crippen molar-refractivity contribution in [3.05, 3.63) is 35.8 Å². The molecule has 2 bridgehead atoms. The highest BCUT2D eigenvalue weighted by molar-refractivity contribution is 5.95. The summed E-state index contributed by atoms with van der Waals surface area (Å²) in [4.78, 5) is 31.6. The lowest BCUT2D eigenvalue weighted by Gasteiger charge is -2.60. The van der Waals surface area contributed by atoms with E-state index in [9.17, 15) is 18.4 Å². The van der Waals surface area contributed by atoms with Crippen LogP contribution in [0.1, 0.15) is 66.9 Å². The van der Waals surface area contributed by atoms with Gasteiger partial charge in [0.05, 0.1) is 0 Å². The van der Waals surface area contributed by atoms with E-state index in [4.69, 9.17) is 0 Å². The number of rotatable bonds is 4. The number of carbonyl (C=O) groups excluding carboxylic acids is 2. The molecule has 0 unspecified atom stereocenters. The molecule has 0 radical (unpaired) electrons. The Hall–Kier alpha value is -2.51. The Balaban J connectivity index is 1.29. The molecule has 1 N–H and O–H groups in total. The Kier molecular flexibility index (Phi) is 5.02. The number of pyridine rings is 1. The maximum absolute atomic E-state index is 13.4. The monoisotopic (exact) mass is 444 g/mol. The van der Waals surface area contributed by atoms with Gasteiger partial charge in [-0.3, -0.25) is 14.0 Å². The molecule has 4 aliphatic rings. The summed E-state index contributed by atoms with van der Waals surface area (Å²) in [5, 5.41) is 3.10. The van der Waals surface area contributed by atoms with Crippen LogP contribution in [0.4, 0.5) is 8.78 Å². The van der Waals surface area contributed by atoms with Gasteiger partial charge in [0.1, 0.15) is 17.0 Å². The number of hydrogen-bond donors (Lipinski definition) is 1. The van der Waals surface area contributed by atoms with E-state index in [1.54, 1.807) is 28.8 Å². The lowest BCUT2D eigenvalue weighted by atomic mass is 9.45. The second-order valence-corrected chi connectivity index (χ2v) is 10.3. The van der Waals surface area contributed by atoms with Crippen LogP contribution in [0.2, 0.25) is 0 Å². The van der Waals surface area contributed by atoms with Crippen LogP contribution in [0.5, 0.6) is 0 Å². The highest BCUT2D eigenvalue weighted by Crippen LogP contribution is 2.61. The van der Waals surface area contributed by atoms with Gasteiger partial charge < -0.3 is 10.2 Å². The minimum absolute atomic E-state index is 0.00675. The second kappa shape index (κ2) is 7.52. The van der Waals surface area contributed by atoms with Crippen molar-refractivity contribution in [3.8, 4) is 0 Å². The van der Waals surface area contributed by atoms with Gasteiger partial charge in [-0.1, -0.05) is 19.9 Å². The summed E-state index contributed by atoms with van der Waals surface area (Å²) in [5.41, 5.74) is 1.45. The normalized spacial score (nSPS) is 28.2. The smallest absolute Gasteiger partial charge is 0.274 e. The van der Waals surface area contributed by atoms with E-state index in [2.05, 4.69) is 24.1 Å². The zero-order chi connectivity index (χ0) is 22.7. The summed E-state index contributed by atoms with van der Waals surface area (Å²) < 4.78 is 28.5. The van der Waals surface area contributed by atoms with Crippen molar-refractivity contribution in [2.75, 3.05) is 19.6 Å². The largest absolute Gasteiger partial charge is 0.350 e. The number of alkyl halides is 2. The van der Waals surface area contributed by atoms with Gasteiger partial charge in [-0.25, -0.2) is 13.8 Å². The molecule has 172 valence electrons. The number of fused-ring (bicyclic) bond motifs is 3. The lowest BCUT2D eigenvalue weighted by Crippen LogP contribution is -2.54. The molecular weight excluding hydrogens is 414 g/mol. The molecule has 4 fully saturated rings. The fourth-order valence-electron chi connectivity index (χ4n) is 6.02. The quantitative estimate of drug-likeness (QED) is 0.775. The van der Waals surface area contributed by atoms with Gasteiger partial charge in [-0.2, -0.15) is 0 Å². The van der Waals surface area contributed by atoms with E-state index in [1.165, 1.54) is 17.7 Å². The van der Waals surface area contributed by atoms with Gasteiger partial charge in [0.15, 0.2) is 0 Å². The number of nitrogens with zero attached hydrogens (tertiary/aromatic N) is 3. The van der Waals surface area contributed by atoms with Crippen LogP contribution in [-0.2, 0) is 0 Å². The van der Waals surface area contributed by atoms with E-state index in [0.717, 1.165) is 12.3 Å². The molecule has 3 aliphatic carbocycles. The fraction of sp³-hybridized carbons (Fsp3) is 0.625. The van der Waals surface area contributed by atoms with E-state index < -0.39 is 5.92 Å². The Morgan fingerprint density at radius 2 is 1.94 bits per heavy atom. The maximum atomic E-state index is 13.4. The number of carbonyl (C=O) groups is 2. The third-order valence-corrected chi connectivity index (χ3v) is 8.25. The van der Waals surface area contributed by atoms with Crippen molar-refractivity contribution < 1.29 is 18.4 Å². The number of amides is 2. The zero-order valence-electron chi connectivity index (χ0n) is 18.6. The topological polar surface area (TPSA) is 66.7 Å². The number of hydrogen-bond acceptors (Lipinski definition) is 3. The first-order chi connectivity index (χ1) is 15.2. The maximum Gasteiger partial charge on any atom is 0.274 e. The second-order valence-electron chi connectivity index (χ2n) is 10.3. The van der Waals surface area contributed by atoms with Gasteiger partial charge in [0.25, 0.3) is 17.7 Å². The SMILES string of the molecule is CC1(C)[C@H]2CC[C@H](CNC(=O)c3cccc4nc(C(=O)N5CCC(F)(F)CC5)cn34)[C@@H]1C2. The Bertz CT molecular complexity index is 1050. The Labute approximate surface area is 186 Å². The van der Waals surface area contributed by atoms with Gasteiger partial charge in [-0.05, 0) is 54.6 Å². The van der Waals surface area contributed by atoms with Crippen molar-refractivity contribution in [2.45, 2.75) is 51.9 Å². The molecular formula is C24H30F2N4O2. The molecule has 6 rings (SSSR count). The number of piperidine rings is 1. The number of likely N-dealkylation sites (tertiary alicyclic amines) is 1. The minimum Gasteiger partial charge on any atom is -0.350 e. The molecule has 1 aliphatic heterocycles. The van der Waals surface area contributed by atoms with E-state index >= 15 is 0 Å². The first-order valence-electron chi connectivity index (χ1n) is 11.6. The van der Waals surface area contributed by atoms with Crippen LogP contribution < -0.4 is 5.32 Å². The average molecular weight is 445 g/mol. The highest BCUT2D eigenvalue weighted by atomic mass is 19.3. The lowest BCUT2D eigenvalue weighted by molar-refractivity contribution is -0.103. The van der Waals surface area contributed by atoms with Crippen molar-refractivity contribution in [1.29, 1.82) is 0 Å². The van der Waals surface area contributed by atoms with Crippen LogP contribution >= 0.6 is 0 Å². The summed E-state index contributed by atoms with van der Waals surface area (Å²) in [6, 6.07) is 5.19. The minimum atomic E-state index is -2.71. The molecule has 3 saturated carbocycles. The molecule has 8 heteroatoms. The number of imidazole rings is 1. The Morgan fingerprint density at radius 3 is 2.62 bits per heavy atom. The molecule has 0 aromatic carbocycles. The van der Waals surface area contributed by atoms with E-state index in [1.807, 2.05) is 0 Å². The van der Waals surface area contributed by atoms with E-state index in [0.29, 0.717) is 35.1 Å². The van der Waals surface area contributed by atoms with Gasteiger partial charge >= 0.3 is 0 Å². The van der Waals surface area contributed by atoms with Crippen LogP contribution in [0.25, 0.3) is 5.65 Å². The first-order valence-corrected chi connectivity index (χ1v) is 11.6. The van der Waals surface area contributed by atoms with Gasteiger partial charge in [-0.15, -0.1) is 0 Å². The number of halogens is 2. The summed E-state index contributed by atoms with van der Waals surface area (Å²) in [5.74, 6) is -1.30. The first kappa shape index (κ1) is 21.3.